The van der Waals surface area contributed by atoms with E-state index >= 15 is 0 Å². The van der Waals surface area contributed by atoms with E-state index in [0.717, 1.165) is 63.1 Å². The monoisotopic (exact) mass is 532 g/mol. The molecule has 1 aliphatic rings. The highest BCUT2D eigenvalue weighted by atomic mass is 127. The van der Waals surface area contributed by atoms with Crippen LogP contribution in [0.25, 0.3) is 0 Å². The fourth-order valence-corrected chi connectivity index (χ4v) is 3.26. The maximum Gasteiger partial charge on any atom is 0.191 e. The number of ether oxygens (including phenoxy) is 2. The lowest BCUT2D eigenvalue weighted by Gasteiger charge is -2.18. The molecule has 0 spiro atoms. The maximum absolute atomic E-state index is 6.15. The van der Waals surface area contributed by atoms with Gasteiger partial charge >= 0.3 is 0 Å². The summed E-state index contributed by atoms with van der Waals surface area (Å²) in [5.74, 6) is 2.29. The summed E-state index contributed by atoms with van der Waals surface area (Å²) in [6.07, 6.45) is 3.56. The zero-order valence-electron chi connectivity index (χ0n) is 19.2. The van der Waals surface area contributed by atoms with E-state index in [4.69, 9.17) is 14.5 Å². The van der Waals surface area contributed by atoms with Crippen molar-refractivity contribution >= 4 is 29.9 Å². The fourth-order valence-electron chi connectivity index (χ4n) is 3.26. The first-order chi connectivity index (χ1) is 14.1. The van der Waals surface area contributed by atoms with Crippen LogP contribution in [-0.2, 0) is 11.3 Å². The van der Waals surface area contributed by atoms with Crippen LogP contribution in [0.1, 0.15) is 44.2 Å². The second kappa shape index (κ2) is 15.7. The molecule has 0 aromatic heterocycles. The SMILES string of the molecule is CCCCN(C)CCNC(=NCc1ccc(C)cc1OCC1CCOC1)NCC.I. The molecule has 2 N–H and O–H groups in total. The van der Waals surface area contributed by atoms with Gasteiger partial charge < -0.3 is 25.0 Å². The minimum Gasteiger partial charge on any atom is -0.493 e. The average molecular weight is 533 g/mol. The average Bonchev–Trinajstić information content (AvgIpc) is 3.23. The van der Waals surface area contributed by atoms with Crippen molar-refractivity contribution < 1.29 is 9.47 Å². The summed E-state index contributed by atoms with van der Waals surface area (Å²) in [6, 6.07) is 6.37. The largest absolute Gasteiger partial charge is 0.493 e. The Morgan fingerprint density at radius 1 is 1.27 bits per heavy atom. The molecule has 172 valence electrons. The summed E-state index contributed by atoms with van der Waals surface area (Å²) in [7, 11) is 2.17. The summed E-state index contributed by atoms with van der Waals surface area (Å²) < 4.78 is 11.6. The lowest BCUT2D eigenvalue weighted by Crippen LogP contribution is -2.41. The predicted octanol–water partition coefficient (Wildman–Crippen LogP) is 3.82. The van der Waals surface area contributed by atoms with E-state index in [1.165, 1.54) is 18.4 Å². The molecule has 7 heteroatoms. The fraction of sp³-hybridized carbons (Fsp3) is 0.696. The molecule has 0 amide bonds. The van der Waals surface area contributed by atoms with Crippen LogP contribution in [0.5, 0.6) is 5.75 Å². The molecule has 1 aromatic carbocycles. The van der Waals surface area contributed by atoms with Crippen LogP contribution in [0.4, 0.5) is 0 Å². The van der Waals surface area contributed by atoms with Crippen LogP contribution in [0, 0.1) is 12.8 Å². The van der Waals surface area contributed by atoms with Crippen LogP contribution < -0.4 is 15.4 Å². The number of benzene rings is 1. The van der Waals surface area contributed by atoms with Crippen LogP contribution >= 0.6 is 24.0 Å². The van der Waals surface area contributed by atoms with E-state index in [2.05, 4.69) is 61.6 Å². The molecular formula is C23H41IN4O2. The molecule has 0 radical (unpaired) electrons. The quantitative estimate of drug-likeness (QED) is 0.244. The molecule has 1 unspecified atom stereocenters. The number of likely N-dealkylation sites (N-methyl/N-ethyl adjacent to an activating group) is 1. The Bertz CT molecular complexity index is 621. The Balaban J connectivity index is 0.00000450. The molecule has 0 saturated carbocycles. The van der Waals surface area contributed by atoms with Gasteiger partial charge in [-0.15, -0.1) is 24.0 Å². The van der Waals surface area contributed by atoms with Gasteiger partial charge in [-0.05, 0) is 51.9 Å². The van der Waals surface area contributed by atoms with Crippen molar-refractivity contribution in [2.45, 2.75) is 46.6 Å². The van der Waals surface area contributed by atoms with Crippen molar-refractivity contribution in [2.24, 2.45) is 10.9 Å². The number of nitrogens with one attached hydrogen (secondary N) is 2. The van der Waals surface area contributed by atoms with Crippen molar-refractivity contribution in [3.8, 4) is 5.75 Å². The molecule has 0 aliphatic carbocycles. The first-order valence-electron chi connectivity index (χ1n) is 11.1. The highest BCUT2D eigenvalue weighted by molar-refractivity contribution is 14.0. The van der Waals surface area contributed by atoms with Crippen molar-refractivity contribution in [2.75, 3.05) is 53.0 Å². The summed E-state index contributed by atoms with van der Waals surface area (Å²) in [6.45, 7) is 13.3. The van der Waals surface area contributed by atoms with Gasteiger partial charge in [0.2, 0.25) is 0 Å². The molecular weight excluding hydrogens is 491 g/mol. The van der Waals surface area contributed by atoms with Crippen LogP contribution in [-0.4, -0.2) is 63.9 Å². The van der Waals surface area contributed by atoms with E-state index in [9.17, 15) is 0 Å². The van der Waals surface area contributed by atoms with Gasteiger partial charge in [-0.2, -0.15) is 0 Å². The molecule has 1 aliphatic heterocycles. The van der Waals surface area contributed by atoms with Crippen molar-refractivity contribution in [1.29, 1.82) is 0 Å². The number of rotatable bonds is 12. The molecule has 6 nitrogen and oxygen atoms in total. The molecule has 1 saturated heterocycles. The lowest BCUT2D eigenvalue weighted by atomic mass is 10.1. The molecule has 2 rings (SSSR count). The van der Waals surface area contributed by atoms with Gasteiger partial charge in [0.25, 0.3) is 0 Å². The van der Waals surface area contributed by atoms with Gasteiger partial charge in [0.1, 0.15) is 5.75 Å². The summed E-state index contributed by atoms with van der Waals surface area (Å²) in [5.41, 5.74) is 2.32. The molecule has 0 bridgehead atoms. The minimum atomic E-state index is 0. The van der Waals surface area contributed by atoms with Gasteiger partial charge in [0.05, 0.1) is 19.8 Å². The van der Waals surface area contributed by atoms with Gasteiger partial charge in [-0.25, -0.2) is 4.99 Å². The van der Waals surface area contributed by atoms with Crippen molar-refractivity contribution in [3.63, 3.8) is 0 Å². The molecule has 1 heterocycles. The second-order valence-electron chi connectivity index (χ2n) is 7.93. The van der Waals surface area contributed by atoms with E-state index in [0.29, 0.717) is 19.1 Å². The number of unbranched alkanes of at least 4 members (excludes halogenated alkanes) is 1. The topological polar surface area (TPSA) is 58.1 Å². The van der Waals surface area contributed by atoms with Gasteiger partial charge in [0, 0.05) is 37.7 Å². The van der Waals surface area contributed by atoms with Gasteiger partial charge in [0.15, 0.2) is 5.96 Å². The highest BCUT2D eigenvalue weighted by Gasteiger charge is 2.17. The number of halogens is 1. The third kappa shape index (κ3) is 10.3. The summed E-state index contributed by atoms with van der Waals surface area (Å²) in [5, 5.41) is 6.79. The number of hydrogen-bond donors (Lipinski definition) is 2. The smallest absolute Gasteiger partial charge is 0.191 e. The molecule has 1 fully saturated rings. The Labute approximate surface area is 200 Å². The van der Waals surface area contributed by atoms with Gasteiger partial charge in [-0.3, -0.25) is 0 Å². The van der Waals surface area contributed by atoms with E-state index < -0.39 is 0 Å². The van der Waals surface area contributed by atoms with Gasteiger partial charge in [-0.1, -0.05) is 25.5 Å². The van der Waals surface area contributed by atoms with Crippen molar-refractivity contribution in [1.82, 2.24) is 15.5 Å². The third-order valence-electron chi connectivity index (χ3n) is 5.15. The summed E-state index contributed by atoms with van der Waals surface area (Å²) in [4.78, 5) is 7.14. The Kier molecular flexibility index (Phi) is 14.1. The van der Waals surface area contributed by atoms with Crippen LogP contribution in [0.2, 0.25) is 0 Å². The predicted molar refractivity (Wildman–Crippen MR) is 136 cm³/mol. The number of guanidine groups is 1. The standard InChI is InChI=1S/C23H40N4O2.HI/c1-5-7-12-27(4)13-11-25-23(24-6-2)26-16-21-9-8-19(3)15-22(21)29-18-20-10-14-28-17-20;/h8-9,15,20H,5-7,10-14,16-18H2,1-4H3,(H2,24,25,26);1H. The number of aryl methyl sites for hydroxylation is 1. The number of hydrogen-bond acceptors (Lipinski definition) is 4. The normalized spacial score (nSPS) is 16.4. The molecule has 30 heavy (non-hydrogen) atoms. The Hall–Kier alpha value is -1.06. The second-order valence-corrected chi connectivity index (χ2v) is 7.93. The Morgan fingerprint density at radius 3 is 2.80 bits per heavy atom. The maximum atomic E-state index is 6.15. The number of aliphatic imine (C=N–C) groups is 1. The highest BCUT2D eigenvalue weighted by Crippen LogP contribution is 2.23. The zero-order valence-corrected chi connectivity index (χ0v) is 21.5. The first kappa shape index (κ1) is 27.0. The molecule has 1 aromatic rings. The third-order valence-corrected chi connectivity index (χ3v) is 5.15. The van der Waals surface area contributed by atoms with Crippen LogP contribution in [0.15, 0.2) is 23.2 Å². The van der Waals surface area contributed by atoms with E-state index in [-0.39, 0.29) is 24.0 Å². The Morgan fingerprint density at radius 2 is 2.10 bits per heavy atom. The van der Waals surface area contributed by atoms with E-state index in [1.54, 1.807) is 0 Å². The van der Waals surface area contributed by atoms with Crippen molar-refractivity contribution in [3.05, 3.63) is 29.3 Å². The molecule has 1 atom stereocenters. The first-order valence-corrected chi connectivity index (χ1v) is 11.1. The number of nitrogens with zero attached hydrogens (tertiary/aromatic N) is 2. The zero-order chi connectivity index (χ0) is 20.9. The lowest BCUT2D eigenvalue weighted by molar-refractivity contribution is 0.166. The summed E-state index contributed by atoms with van der Waals surface area (Å²) >= 11 is 0. The van der Waals surface area contributed by atoms with Crippen LogP contribution in [0.3, 0.4) is 0 Å². The minimum absolute atomic E-state index is 0. The van der Waals surface area contributed by atoms with E-state index in [1.807, 2.05) is 0 Å².